The second-order valence-corrected chi connectivity index (χ2v) is 3.34. The molecule has 0 bridgehead atoms. The molecule has 0 fully saturated rings. The number of hydrogen-bond donors (Lipinski definition) is 0. The third-order valence-corrected chi connectivity index (χ3v) is 2.38. The van der Waals surface area contributed by atoms with E-state index in [4.69, 9.17) is 0 Å². The summed E-state index contributed by atoms with van der Waals surface area (Å²) in [5.74, 6) is 0.0561. The van der Waals surface area contributed by atoms with E-state index in [1.54, 1.807) is 0 Å². The number of pyridine rings is 1. The van der Waals surface area contributed by atoms with E-state index in [1.165, 1.54) is 11.1 Å². The maximum absolute atomic E-state index is 10.6. The SMILES string of the molecule is Cc1cnc2c(c1)CCC2C=O. The first-order valence-corrected chi connectivity index (χ1v) is 4.22. The number of fused-ring (bicyclic) bond motifs is 1. The van der Waals surface area contributed by atoms with E-state index in [0.29, 0.717) is 0 Å². The van der Waals surface area contributed by atoms with Gasteiger partial charge in [-0.25, -0.2) is 0 Å². The van der Waals surface area contributed by atoms with Gasteiger partial charge in [-0.15, -0.1) is 0 Å². The van der Waals surface area contributed by atoms with Gasteiger partial charge in [0.15, 0.2) is 0 Å². The Morgan fingerprint density at radius 2 is 2.50 bits per heavy atom. The highest BCUT2D eigenvalue weighted by Crippen LogP contribution is 2.29. The molecule has 1 unspecified atom stereocenters. The van der Waals surface area contributed by atoms with Crippen molar-refractivity contribution in [1.82, 2.24) is 4.98 Å². The highest BCUT2D eigenvalue weighted by molar-refractivity contribution is 5.63. The van der Waals surface area contributed by atoms with Crippen LogP contribution in [0.2, 0.25) is 0 Å². The minimum atomic E-state index is 0.0561. The Hall–Kier alpha value is -1.18. The second kappa shape index (κ2) is 2.70. The van der Waals surface area contributed by atoms with Crippen LogP contribution in [-0.4, -0.2) is 11.3 Å². The van der Waals surface area contributed by atoms with E-state index >= 15 is 0 Å². The molecule has 1 aliphatic carbocycles. The van der Waals surface area contributed by atoms with Gasteiger partial charge in [0.1, 0.15) is 6.29 Å². The van der Waals surface area contributed by atoms with Crippen molar-refractivity contribution in [2.45, 2.75) is 25.7 Å². The van der Waals surface area contributed by atoms with Crippen molar-refractivity contribution in [1.29, 1.82) is 0 Å². The van der Waals surface area contributed by atoms with Crippen LogP contribution in [0.5, 0.6) is 0 Å². The maximum atomic E-state index is 10.6. The van der Waals surface area contributed by atoms with Crippen molar-refractivity contribution in [3.8, 4) is 0 Å². The lowest BCUT2D eigenvalue weighted by atomic mass is 10.1. The van der Waals surface area contributed by atoms with Gasteiger partial charge in [0, 0.05) is 6.20 Å². The van der Waals surface area contributed by atoms with Crippen molar-refractivity contribution < 1.29 is 4.79 Å². The van der Waals surface area contributed by atoms with Crippen molar-refractivity contribution >= 4 is 6.29 Å². The fourth-order valence-corrected chi connectivity index (χ4v) is 1.75. The zero-order valence-electron chi connectivity index (χ0n) is 7.08. The average molecular weight is 161 g/mol. The monoisotopic (exact) mass is 161 g/mol. The van der Waals surface area contributed by atoms with Crippen LogP contribution < -0.4 is 0 Å². The molecule has 0 aliphatic heterocycles. The Kier molecular flexibility index (Phi) is 1.68. The molecule has 0 saturated heterocycles. The minimum Gasteiger partial charge on any atom is -0.303 e. The molecule has 0 N–H and O–H groups in total. The number of aldehydes is 1. The normalized spacial score (nSPS) is 20.6. The highest BCUT2D eigenvalue weighted by Gasteiger charge is 2.22. The fraction of sp³-hybridized carbons (Fsp3) is 0.400. The number of aryl methyl sites for hydroxylation is 2. The van der Waals surface area contributed by atoms with Gasteiger partial charge in [-0.1, -0.05) is 6.07 Å². The standard InChI is InChI=1S/C10H11NO/c1-7-4-8-2-3-9(6-12)10(8)11-5-7/h4-6,9H,2-3H2,1H3. The summed E-state index contributed by atoms with van der Waals surface area (Å²) < 4.78 is 0. The summed E-state index contributed by atoms with van der Waals surface area (Å²) in [6.45, 7) is 2.03. The molecule has 0 amide bonds. The smallest absolute Gasteiger partial charge is 0.129 e. The Morgan fingerprint density at radius 3 is 3.25 bits per heavy atom. The Bertz CT molecular complexity index is 320. The number of hydrogen-bond acceptors (Lipinski definition) is 2. The van der Waals surface area contributed by atoms with E-state index in [0.717, 1.165) is 24.8 Å². The van der Waals surface area contributed by atoms with Crippen molar-refractivity contribution in [2.24, 2.45) is 0 Å². The topological polar surface area (TPSA) is 30.0 Å². The summed E-state index contributed by atoms with van der Waals surface area (Å²) in [5.41, 5.74) is 3.43. The van der Waals surface area contributed by atoms with Crippen LogP contribution in [0, 0.1) is 6.92 Å². The maximum Gasteiger partial charge on any atom is 0.129 e. The average Bonchev–Trinajstić information content (AvgIpc) is 2.46. The van der Waals surface area contributed by atoms with E-state index in [1.807, 2.05) is 13.1 Å². The molecular formula is C10H11NO. The molecule has 62 valence electrons. The molecule has 1 aromatic heterocycles. The van der Waals surface area contributed by atoms with Gasteiger partial charge >= 0.3 is 0 Å². The first kappa shape index (κ1) is 7.47. The lowest BCUT2D eigenvalue weighted by Crippen LogP contribution is -1.97. The molecular weight excluding hydrogens is 150 g/mol. The number of rotatable bonds is 1. The molecule has 1 aliphatic rings. The van der Waals surface area contributed by atoms with E-state index in [2.05, 4.69) is 11.1 Å². The predicted octanol–water partition coefficient (Wildman–Crippen LogP) is 1.62. The Balaban J connectivity index is 2.47. The van der Waals surface area contributed by atoms with Crippen LogP contribution in [0.25, 0.3) is 0 Å². The molecule has 2 nitrogen and oxygen atoms in total. The van der Waals surface area contributed by atoms with Crippen LogP contribution in [0.1, 0.15) is 29.2 Å². The zero-order chi connectivity index (χ0) is 8.55. The summed E-state index contributed by atoms with van der Waals surface area (Å²) in [5, 5.41) is 0. The molecule has 2 rings (SSSR count). The van der Waals surface area contributed by atoms with Crippen LogP contribution in [-0.2, 0) is 11.2 Å². The lowest BCUT2D eigenvalue weighted by molar-refractivity contribution is -0.109. The summed E-state index contributed by atoms with van der Waals surface area (Å²) in [4.78, 5) is 14.9. The molecule has 0 spiro atoms. The van der Waals surface area contributed by atoms with Crippen LogP contribution >= 0.6 is 0 Å². The van der Waals surface area contributed by atoms with Gasteiger partial charge in [-0.3, -0.25) is 4.98 Å². The molecule has 2 heteroatoms. The first-order chi connectivity index (χ1) is 5.81. The lowest BCUT2D eigenvalue weighted by Gasteiger charge is -2.01. The zero-order valence-corrected chi connectivity index (χ0v) is 7.08. The molecule has 12 heavy (non-hydrogen) atoms. The molecule has 1 atom stereocenters. The predicted molar refractivity (Wildman–Crippen MR) is 46.1 cm³/mol. The number of carbonyl (C=O) groups excluding carboxylic acids is 1. The Morgan fingerprint density at radius 1 is 1.67 bits per heavy atom. The number of carbonyl (C=O) groups is 1. The quantitative estimate of drug-likeness (QED) is 0.586. The number of aromatic nitrogens is 1. The minimum absolute atomic E-state index is 0.0561. The summed E-state index contributed by atoms with van der Waals surface area (Å²) >= 11 is 0. The molecule has 0 radical (unpaired) electrons. The summed E-state index contributed by atoms with van der Waals surface area (Å²) in [6.07, 6.45) is 4.79. The van der Waals surface area contributed by atoms with Crippen molar-refractivity contribution in [3.63, 3.8) is 0 Å². The first-order valence-electron chi connectivity index (χ1n) is 4.22. The highest BCUT2D eigenvalue weighted by atomic mass is 16.1. The van der Waals surface area contributed by atoms with Gasteiger partial charge in [0.25, 0.3) is 0 Å². The van der Waals surface area contributed by atoms with Crippen LogP contribution in [0.4, 0.5) is 0 Å². The summed E-state index contributed by atoms with van der Waals surface area (Å²) in [7, 11) is 0. The third-order valence-electron chi connectivity index (χ3n) is 2.38. The third kappa shape index (κ3) is 1.04. The van der Waals surface area contributed by atoms with Gasteiger partial charge < -0.3 is 4.79 Å². The molecule has 0 saturated carbocycles. The second-order valence-electron chi connectivity index (χ2n) is 3.34. The molecule has 1 heterocycles. The van der Waals surface area contributed by atoms with E-state index in [9.17, 15) is 4.79 Å². The van der Waals surface area contributed by atoms with Gasteiger partial charge in [0.05, 0.1) is 11.6 Å². The van der Waals surface area contributed by atoms with Crippen LogP contribution in [0.15, 0.2) is 12.3 Å². The number of nitrogens with zero attached hydrogens (tertiary/aromatic N) is 1. The molecule has 0 aromatic carbocycles. The fourth-order valence-electron chi connectivity index (χ4n) is 1.75. The van der Waals surface area contributed by atoms with Crippen molar-refractivity contribution in [3.05, 3.63) is 29.1 Å². The Labute approximate surface area is 71.6 Å². The summed E-state index contributed by atoms with van der Waals surface area (Å²) in [6, 6.07) is 2.13. The van der Waals surface area contributed by atoms with E-state index < -0.39 is 0 Å². The van der Waals surface area contributed by atoms with Crippen LogP contribution in [0.3, 0.4) is 0 Å². The van der Waals surface area contributed by atoms with Crippen molar-refractivity contribution in [2.75, 3.05) is 0 Å². The van der Waals surface area contributed by atoms with Gasteiger partial charge in [0.2, 0.25) is 0 Å². The van der Waals surface area contributed by atoms with E-state index in [-0.39, 0.29) is 5.92 Å². The largest absolute Gasteiger partial charge is 0.303 e. The van der Waals surface area contributed by atoms with Gasteiger partial charge in [-0.2, -0.15) is 0 Å². The molecule has 1 aromatic rings. The van der Waals surface area contributed by atoms with Gasteiger partial charge in [-0.05, 0) is 30.9 Å².